The predicted octanol–water partition coefficient (Wildman–Crippen LogP) is 3.51. The lowest BCUT2D eigenvalue weighted by molar-refractivity contribution is -0.132. The standard InChI is InChI=1S/C26H22F2N8O/c27-19-5-1-17(2-6-19)21-13-36(25(33-21)18-3-7-20(28)8-4-18)14-22(37)34-9-11-35(12-10-34)26-23-24(30-15-29-23)31-16-32-26/h1-8,13,15-16H,9-12,14H2,(H,29,30,31,32). The zero-order valence-corrected chi connectivity index (χ0v) is 19.7. The van der Waals surface area contributed by atoms with Crippen LogP contribution in [0, 0.1) is 11.6 Å². The number of halogens is 2. The third-order valence-electron chi connectivity index (χ3n) is 6.45. The van der Waals surface area contributed by atoms with Crippen molar-refractivity contribution < 1.29 is 13.6 Å². The number of hydrogen-bond acceptors (Lipinski definition) is 6. The Balaban J connectivity index is 1.22. The Morgan fingerprint density at radius 1 is 0.865 bits per heavy atom. The van der Waals surface area contributed by atoms with Crippen LogP contribution in [-0.2, 0) is 11.3 Å². The summed E-state index contributed by atoms with van der Waals surface area (Å²) >= 11 is 0. The molecule has 1 N–H and O–H groups in total. The van der Waals surface area contributed by atoms with Crippen molar-refractivity contribution in [1.29, 1.82) is 0 Å². The molecule has 0 radical (unpaired) electrons. The van der Waals surface area contributed by atoms with Crippen LogP contribution < -0.4 is 4.90 Å². The summed E-state index contributed by atoms with van der Waals surface area (Å²) in [6.07, 6.45) is 4.87. The summed E-state index contributed by atoms with van der Waals surface area (Å²) in [5, 5.41) is 0. The van der Waals surface area contributed by atoms with Crippen molar-refractivity contribution in [3.05, 3.63) is 79.0 Å². The molecule has 1 aliphatic rings. The Labute approximate surface area is 210 Å². The molecule has 1 saturated heterocycles. The van der Waals surface area contributed by atoms with E-state index < -0.39 is 0 Å². The van der Waals surface area contributed by atoms with E-state index in [-0.39, 0.29) is 24.1 Å². The van der Waals surface area contributed by atoms with Crippen molar-refractivity contribution in [3.63, 3.8) is 0 Å². The van der Waals surface area contributed by atoms with Gasteiger partial charge in [-0.25, -0.2) is 28.7 Å². The number of anilines is 1. The number of aromatic amines is 1. The number of nitrogens with one attached hydrogen (secondary N) is 1. The number of amides is 1. The molecule has 1 amide bonds. The Morgan fingerprint density at radius 3 is 2.24 bits per heavy atom. The molecule has 9 nitrogen and oxygen atoms in total. The molecule has 11 heteroatoms. The number of carbonyl (C=O) groups excluding carboxylic acids is 1. The minimum atomic E-state index is -0.356. The summed E-state index contributed by atoms with van der Waals surface area (Å²) in [7, 11) is 0. The lowest BCUT2D eigenvalue weighted by Gasteiger charge is -2.35. The normalized spacial score (nSPS) is 13.9. The smallest absolute Gasteiger partial charge is 0.242 e. The number of aromatic nitrogens is 6. The number of piperazine rings is 1. The minimum Gasteiger partial charge on any atom is -0.351 e. The first-order valence-electron chi connectivity index (χ1n) is 11.8. The van der Waals surface area contributed by atoms with E-state index in [0.717, 1.165) is 11.4 Å². The van der Waals surface area contributed by atoms with Crippen molar-refractivity contribution in [2.24, 2.45) is 0 Å². The molecule has 1 fully saturated rings. The molecular formula is C26H22F2N8O. The minimum absolute atomic E-state index is 0.0568. The van der Waals surface area contributed by atoms with Gasteiger partial charge in [-0.2, -0.15) is 0 Å². The first kappa shape index (κ1) is 22.8. The van der Waals surface area contributed by atoms with Crippen molar-refractivity contribution in [2.45, 2.75) is 6.54 Å². The summed E-state index contributed by atoms with van der Waals surface area (Å²) < 4.78 is 28.7. The van der Waals surface area contributed by atoms with Crippen LogP contribution in [0.25, 0.3) is 33.8 Å². The van der Waals surface area contributed by atoms with Gasteiger partial charge in [0, 0.05) is 43.5 Å². The maximum absolute atomic E-state index is 13.5. The Kier molecular flexibility index (Phi) is 5.79. The van der Waals surface area contributed by atoms with Crippen LogP contribution in [0.3, 0.4) is 0 Å². The van der Waals surface area contributed by atoms with Crippen molar-refractivity contribution >= 4 is 22.9 Å². The van der Waals surface area contributed by atoms with Gasteiger partial charge in [0.05, 0.1) is 12.0 Å². The van der Waals surface area contributed by atoms with E-state index in [1.165, 1.54) is 30.6 Å². The van der Waals surface area contributed by atoms with Gasteiger partial charge in [-0.05, 0) is 48.5 Å². The maximum atomic E-state index is 13.5. The van der Waals surface area contributed by atoms with Gasteiger partial charge >= 0.3 is 0 Å². The van der Waals surface area contributed by atoms with Gasteiger partial charge in [-0.3, -0.25) is 4.79 Å². The SMILES string of the molecule is O=C(Cn1cc(-c2ccc(F)cc2)nc1-c1ccc(F)cc1)N1CCN(c2ncnc3[nH]cnc23)CC1. The molecule has 186 valence electrons. The fourth-order valence-electron chi connectivity index (χ4n) is 4.52. The highest BCUT2D eigenvalue weighted by atomic mass is 19.1. The summed E-state index contributed by atoms with van der Waals surface area (Å²) in [6.45, 7) is 2.35. The second-order valence-corrected chi connectivity index (χ2v) is 8.76. The number of nitrogens with zero attached hydrogens (tertiary/aromatic N) is 7. The van der Waals surface area contributed by atoms with Gasteiger partial charge in [0.25, 0.3) is 0 Å². The molecule has 5 aromatic rings. The number of hydrogen-bond donors (Lipinski definition) is 1. The van der Waals surface area contributed by atoms with Gasteiger partial charge in [-0.15, -0.1) is 0 Å². The van der Waals surface area contributed by atoms with Gasteiger partial charge in [0.1, 0.15) is 35.8 Å². The predicted molar refractivity (Wildman–Crippen MR) is 133 cm³/mol. The van der Waals surface area contributed by atoms with Crippen LogP contribution in [0.4, 0.5) is 14.6 Å². The van der Waals surface area contributed by atoms with Crippen LogP contribution in [-0.4, -0.2) is 66.5 Å². The third kappa shape index (κ3) is 4.51. The molecule has 0 unspecified atom stereocenters. The molecule has 0 saturated carbocycles. The molecule has 2 aromatic carbocycles. The topological polar surface area (TPSA) is 95.8 Å². The van der Waals surface area contributed by atoms with E-state index >= 15 is 0 Å². The molecule has 0 atom stereocenters. The molecule has 4 heterocycles. The number of benzene rings is 2. The van der Waals surface area contributed by atoms with Crippen LogP contribution in [0.2, 0.25) is 0 Å². The quantitative estimate of drug-likeness (QED) is 0.397. The number of H-pyrrole nitrogens is 1. The van der Waals surface area contributed by atoms with E-state index in [9.17, 15) is 13.6 Å². The average molecular weight is 501 g/mol. The summed E-state index contributed by atoms with van der Waals surface area (Å²) in [4.78, 5) is 37.8. The van der Waals surface area contributed by atoms with E-state index in [1.54, 1.807) is 41.4 Å². The van der Waals surface area contributed by atoms with Crippen molar-refractivity contribution in [3.8, 4) is 22.6 Å². The van der Waals surface area contributed by atoms with E-state index in [4.69, 9.17) is 4.98 Å². The monoisotopic (exact) mass is 500 g/mol. The Hall–Kier alpha value is -4.67. The zero-order chi connectivity index (χ0) is 25.4. The molecule has 37 heavy (non-hydrogen) atoms. The second kappa shape index (κ2) is 9.41. The summed E-state index contributed by atoms with van der Waals surface area (Å²) in [5.74, 6) is 0.527. The first-order valence-corrected chi connectivity index (χ1v) is 11.8. The van der Waals surface area contributed by atoms with Crippen LogP contribution in [0.15, 0.2) is 67.4 Å². The molecule has 6 rings (SSSR count). The van der Waals surface area contributed by atoms with E-state index in [1.807, 2.05) is 4.90 Å². The van der Waals surface area contributed by atoms with Crippen molar-refractivity contribution in [1.82, 2.24) is 34.4 Å². The number of carbonyl (C=O) groups is 1. The fraction of sp³-hybridized carbons (Fsp3) is 0.192. The van der Waals surface area contributed by atoms with Crippen molar-refractivity contribution in [2.75, 3.05) is 31.1 Å². The van der Waals surface area contributed by atoms with Crippen LogP contribution in [0.1, 0.15) is 0 Å². The summed E-state index contributed by atoms with van der Waals surface area (Å²) in [5.41, 5.74) is 3.38. The third-order valence-corrected chi connectivity index (χ3v) is 6.45. The van der Waals surface area contributed by atoms with Gasteiger partial charge in [-0.1, -0.05) is 0 Å². The highest BCUT2D eigenvalue weighted by Crippen LogP contribution is 2.26. The average Bonchev–Trinajstić information content (AvgIpc) is 3.57. The molecule has 3 aromatic heterocycles. The fourth-order valence-corrected chi connectivity index (χ4v) is 4.52. The highest BCUT2D eigenvalue weighted by Gasteiger charge is 2.25. The second-order valence-electron chi connectivity index (χ2n) is 8.76. The zero-order valence-electron chi connectivity index (χ0n) is 19.7. The molecule has 0 aliphatic carbocycles. The summed E-state index contributed by atoms with van der Waals surface area (Å²) in [6, 6.07) is 12.0. The number of rotatable bonds is 5. The van der Waals surface area contributed by atoms with E-state index in [0.29, 0.717) is 54.4 Å². The van der Waals surface area contributed by atoms with E-state index in [2.05, 4.69) is 24.8 Å². The molecule has 1 aliphatic heterocycles. The van der Waals surface area contributed by atoms with Gasteiger partial charge in [0.15, 0.2) is 11.5 Å². The molecular weight excluding hydrogens is 478 g/mol. The van der Waals surface area contributed by atoms with Gasteiger partial charge < -0.3 is 19.4 Å². The number of imidazole rings is 2. The van der Waals surface area contributed by atoms with Crippen LogP contribution >= 0.6 is 0 Å². The molecule has 0 spiro atoms. The largest absolute Gasteiger partial charge is 0.351 e. The number of fused-ring (bicyclic) bond motifs is 1. The Bertz CT molecular complexity index is 1550. The first-order chi connectivity index (χ1) is 18.0. The lowest BCUT2D eigenvalue weighted by atomic mass is 10.2. The lowest BCUT2D eigenvalue weighted by Crippen LogP contribution is -2.50. The molecule has 0 bridgehead atoms. The van der Waals surface area contributed by atoms with Gasteiger partial charge in [0.2, 0.25) is 5.91 Å². The highest BCUT2D eigenvalue weighted by molar-refractivity contribution is 5.83. The van der Waals surface area contributed by atoms with Crippen LogP contribution in [0.5, 0.6) is 0 Å². The Morgan fingerprint density at radius 2 is 1.54 bits per heavy atom. The maximum Gasteiger partial charge on any atom is 0.242 e.